The fourth-order valence-electron chi connectivity index (χ4n) is 8.43. The van der Waals surface area contributed by atoms with E-state index in [1.165, 1.54) is 11.9 Å². The van der Waals surface area contributed by atoms with Crippen LogP contribution in [0.5, 0.6) is 0 Å². The first-order valence-corrected chi connectivity index (χ1v) is 24.9. The largest absolute Gasteiger partial charge is 0.357 e. The van der Waals surface area contributed by atoms with Gasteiger partial charge in [-0.3, -0.25) is 43.7 Å². The summed E-state index contributed by atoms with van der Waals surface area (Å²) in [5, 5.41) is 26.5. The van der Waals surface area contributed by atoms with E-state index in [0.29, 0.717) is 47.8 Å². The minimum absolute atomic E-state index is 0.0404. The molecular formula is C50H75N13O10. The molecule has 7 atom stereocenters. The Balaban J connectivity index is 1.56. The van der Waals surface area contributed by atoms with Gasteiger partial charge >= 0.3 is 12.1 Å². The molecule has 2 aromatic rings. The summed E-state index contributed by atoms with van der Waals surface area (Å²) in [6, 6.07) is 4.76. The van der Waals surface area contributed by atoms with Gasteiger partial charge < -0.3 is 63.4 Å². The predicted octanol–water partition coefficient (Wildman–Crippen LogP) is 0.340. The van der Waals surface area contributed by atoms with E-state index >= 15 is 0 Å². The number of hydrogen-bond donors (Lipinski definition) is 11. The molecule has 0 aliphatic carbocycles. The molecule has 0 bridgehead atoms. The van der Waals surface area contributed by atoms with Gasteiger partial charge in [-0.1, -0.05) is 38.1 Å². The maximum atomic E-state index is 14.5. The van der Waals surface area contributed by atoms with Crippen molar-refractivity contribution in [2.75, 3.05) is 44.9 Å². The molecule has 2 aliphatic rings. The zero-order chi connectivity index (χ0) is 53.9. The van der Waals surface area contributed by atoms with Crippen LogP contribution >= 0.6 is 0 Å². The van der Waals surface area contributed by atoms with E-state index in [1.54, 1.807) is 62.5 Å². The number of urea groups is 2. The van der Waals surface area contributed by atoms with Crippen molar-refractivity contribution in [2.45, 2.75) is 141 Å². The van der Waals surface area contributed by atoms with Crippen LogP contribution in [0.2, 0.25) is 0 Å². The smallest absolute Gasteiger partial charge is 0.322 e. The Morgan fingerprint density at radius 1 is 0.712 bits per heavy atom. The summed E-state index contributed by atoms with van der Waals surface area (Å²) in [5.74, 6) is -4.46. The van der Waals surface area contributed by atoms with E-state index in [-0.39, 0.29) is 44.6 Å². The first kappa shape index (κ1) is 58.4. The monoisotopic (exact) mass is 1020 g/mol. The van der Waals surface area contributed by atoms with Crippen LogP contribution in [0.1, 0.15) is 90.7 Å². The highest BCUT2D eigenvalue weighted by Crippen LogP contribution is 2.21. The molecule has 23 nitrogen and oxygen atoms in total. The van der Waals surface area contributed by atoms with Gasteiger partial charge in [0.15, 0.2) is 0 Å². The number of rotatable bonds is 26. The molecule has 2 saturated heterocycles. The van der Waals surface area contributed by atoms with Crippen molar-refractivity contribution >= 4 is 70.7 Å². The lowest BCUT2D eigenvalue weighted by Crippen LogP contribution is -2.59. The number of benzene rings is 2. The van der Waals surface area contributed by atoms with Crippen LogP contribution in [0.3, 0.4) is 0 Å². The number of likely N-dealkylation sites (tertiary alicyclic amines) is 1. The first-order valence-electron chi connectivity index (χ1n) is 24.9. The highest BCUT2D eigenvalue weighted by Gasteiger charge is 2.39. The molecule has 23 heteroatoms. The molecular weight excluding hydrogens is 943 g/mol. The van der Waals surface area contributed by atoms with Crippen LogP contribution in [0.4, 0.5) is 21.0 Å². The topological polar surface area (TPSA) is 323 Å². The summed E-state index contributed by atoms with van der Waals surface area (Å²) in [7, 11) is 5.05. The van der Waals surface area contributed by atoms with Gasteiger partial charge in [-0.15, -0.1) is 0 Å². The van der Waals surface area contributed by atoms with Crippen molar-refractivity contribution in [3.63, 3.8) is 0 Å². The van der Waals surface area contributed by atoms with E-state index in [1.807, 2.05) is 20.9 Å². The summed E-state index contributed by atoms with van der Waals surface area (Å²) in [6.45, 7) is 10.5. The lowest BCUT2D eigenvalue weighted by molar-refractivity contribution is -0.142. The second kappa shape index (κ2) is 28.2. The second-order valence-corrected chi connectivity index (χ2v) is 19.3. The summed E-state index contributed by atoms with van der Waals surface area (Å²) in [5.41, 5.74) is 7.36. The number of unbranched alkanes of at least 4 members (excludes halogenated alkanes) is 1. The number of carbonyl (C=O) groups excluding carboxylic acids is 10. The van der Waals surface area contributed by atoms with Gasteiger partial charge in [0.2, 0.25) is 47.3 Å². The highest BCUT2D eigenvalue weighted by atomic mass is 16.2. The molecule has 0 saturated carbocycles. The Morgan fingerprint density at radius 3 is 1.84 bits per heavy atom. The summed E-state index contributed by atoms with van der Waals surface area (Å²) in [6.07, 6.45) is 2.48. The maximum Gasteiger partial charge on any atom is 0.322 e. The average Bonchev–Trinajstić information content (AvgIpc) is 3.84. The third-order valence-corrected chi connectivity index (χ3v) is 12.8. The summed E-state index contributed by atoms with van der Waals surface area (Å²) in [4.78, 5) is 135. The molecule has 2 heterocycles. The maximum absolute atomic E-state index is 14.5. The van der Waals surface area contributed by atoms with E-state index in [9.17, 15) is 47.9 Å². The normalized spacial score (nSPS) is 17.5. The number of nitrogens with zero attached hydrogens (tertiary/aromatic N) is 2. The molecule has 2 fully saturated rings. The van der Waals surface area contributed by atoms with E-state index < -0.39 is 102 Å². The molecule has 4 rings (SSSR count). The number of likely N-dealkylation sites (N-methyl/N-ethyl adjacent to an activating group) is 2. The van der Waals surface area contributed by atoms with Crippen molar-refractivity contribution in [3.8, 4) is 0 Å². The SMILES string of the molecule is CNC(=O)[C@@H](C)NC(=O)[C@@H]1CCCN1C(=O)[C@H](CCCCN(C)C(C)C)NC(=O)[C@H](CC(C)C)NC(=O)[C@@H](Cc1ccc(NC(N)=O)cc1)NC(=O)[C@H](Cc1ccc(NC(=O)[C@@H]2CC(=O)NC(=O)N2)cc1)NC. The lowest BCUT2D eigenvalue weighted by Gasteiger charge is -2.31. The van der Waals surface area contributed by atoms with Gasteiger partial charge in [-0.2, -0.15) is 0 Å². The van der Waals surface area contributed by atoms with Crippen molar-refractivity contribution in [1.29, 1.82) is 0 Å². The fraction of sp³-hybridized carbons (Fsp3) is 0.560. The number of imide groups is 1. The van der Waals surface area contributed by atoms with Crippen LogP contribution in [0.25, 0.3) is 0 Å². The number of amides is 12. The van der Waals surface area contributed by atoms with Gasteiger partial charge in [0.1, 0.15) is 36.3 Å². The Labute approximate surface area is 426 Å². The molecule has 0 unspecified atom stereocenters. The molecule has 2 aliphatic heterocycles. The Bertz CT molecular complexity index is 2260. The number of anilines is 2. The zero-order valence-electron chi connectivity index (χ0n) is 43.1. The summed E-state index contributed by atoms with van der Waals surface area (Å²) >= 11 is 0. The lowest BCUT2D eigenvalue weighted by atomic mass is 9.99. The standard InChI is InChI=1S/C50H75N13O10/c1-28(2)24-37(45(68)57-35(12-9-10-22-62(8)29(3)4)48(71)63-23-11-13-40(63)47(70)54-30(5)42(65)53-7)58-46(69)38(26-32-16-20-34(21-17-32)56-49(51)72)59-43(66)36(52-6)25-31-14-18-33(19-15-31)55-44(67)39-27-41(64)61-50(73)60-39/h14-21,28-30,35-40,52H,9-13,22-27H2,1-8H3,(H,53,65)(H,54,70)(H,55,67)(H,57,68)(H,58,69)(H,59,66)(H3,51,56,72)(H2,60,61,64,73)/t30-,35+,36+,37+,38-,39+,40+/m1/s1. The van der Waals surface area contributed by atoms with Crippen molar-refractivity contribution in [1.82, 2.24) is 52.3 Å². The van der Waals surface area contributed by atoms with Crippen LogP contribution in [-0.2, 0) is 51.2 Å². The molecule has 0 radical (unpaired) electrons. The number of nitrogens with two attached hydrogens (primary N) is 1. The quantitative estimate of drug-likeness (QED) is 0.0569. The molecule has 12 N–H and O–H groups in total. The molecule has 0 aromatic heterocycles. The van der Waals surface area contributed by atoms with Gasteiger partial charge in [0.05, 0.1) is 12.5 Å². The van der Waals surface area contributed by atoms with Gasteiger partial charge in [0.25, 0.3) is 0 Å². The number of primary amides is 1. The van der Waals surface area contributed by atoms with Crippen LogP contribution in [0.15, 0.2) is 48.5 Å². The average molecular weight is 1020 g/mol. The van der Waals surface area contributed by atoms with Gasteiger partial charge in [-0.25, -0.2) is 9.59 Å². The number of carbonyl (C=O) groups is 10. The second-order valence-electron chi connectivity index (χ2n) is 19.3. The summed E-state index contributed by atoms with van der Waals surface area (Å²) < 4.78 is 0. The minimum atomic E-state index is -1.24. The van der Waals surface area contributed by atoms with Crippen LogP contribution < -0.4 is 58.9 Å². The van der Waals surface area contributed by atoms with Crippen molar-refractivity contribution in [3.05, 3.63) is 59.7 Å². The molecule has 400 valence electrons. The fourth-order valence-corrected chi connectivity index (χ4v) is 8.43. The van der Waals surface area contributed by atoms with Gasteiger partial charge in [0, 0.05) is 37.4 Å². The third kappa shape index (κ3) is 18.4. The van der Waals surface area contributed by atoms with E-state index in [0.717, 1.165) is 13.0 Å². The Kier molecular flexibility index (Phi) is 22.6. The number of hydrogen-bond acceptors (Lipinski definition) is 12. The zero-order valence-corrected chi connectivity index (χ0v) is 43.1. The molecule has 12 amide bonds. The molecule has 2 aromatic carbocycles. The van der Waals surface area contributed by atoms with Crippen molar-refractivity contribution in [2.24, 2.45) is 11.7 Å². The van der Waals surface area contributed by atoms with E-state index in [2.05, 4.69) is 71.9 Å². The molecule has 0 spiro atoms. The highest BCUT2D eigenvalue weighted by molar-refractivity contribution is 6.06. The predicted molar refractivity (Wildman–Crippen MR) is 273 cm³/mol. The van der Waals surface area contributed by atoms with E-state index in [4.69, 9.17) is 5.73 Å². The first-order chi connectivity index (χ1) is 34.6. The molecule has 73 heavy (non-hydrogen) atoms. The van der Waals surface area contributed by atoms with Crippen LogP contribution in [0, 0.1) is 5.92 Å². The van der Waals surface area contributed by atoms with Crippen molar-refractivity contribution < 1.29 is 47.9 Å². The number of nitrogens with one attached hydrogen (secondary N) is 10. The minimum Gasteiger partial charge on any atom is -0.357 e. The Hall–Kier alpha value is -7.14. The van der Waals surface area contributed by atoms with Gasteiger partial charge in [-0.05, 0) is 128 Å². The van der Waals surface area contributed by atoms with Crippen LogP contribution in [-0.4, -0.2) is 152 Å². The third-order valence-electron chi connectivity index (χ3n) is 12.8. The Morgan fingerprint density at radius 2 is 1.27 bits per heavy atom.